The summed E-state index contributed by atoms with van der Waals surface area (Å²) in [4.78, 5) is 164. The number of H-pyrrole nitrogens is 5. The van der Waals surface area contributed by atoms with E-state index in [-0.39, 0.29) is 133 Å². The van der Waals surface area contributed by atoms with Crippen LogP contribution in [-0.2, 0) is 62.2 Å². The number of aldehydes is 2. The van der Waals surface area contributed by atoms with Gasteiger partial charge in [0, 0.05) is 165 Å². The first-order chi connectivity index (χ1) is 70.2. The van der Waals surface area contributed by atoms with E-state index in [4.69, 9.17) is 24.5 Å². The zero-order valence-corrected chi connectivity index (χ0v) is 83.5. The van der Waals surface area contributed by atoms with E-state index in [1.54, 1.807) is 63.4 Å². The molecule has 2 atom stereocenters. The molecule has 4 saturated carbocycles. The van der Waals surface area contributed by atoms with Crippen molar-refractivity contribution >= 4 is 166 Å². The SMILES string of the molecule is C.CC(=O)C=Cc1c[nH]c2ccccc12.CC(=O)C=P(c1ccccc1)(c1ccccc1)c1ccccc1.CC(=O)O.CCC(=O)CC(=O)OC1CCCC1.CCC1=C(C(=O)OC2CCCC2)C(c2cccc(O)c2)C2=C(CC(c3c[nH]c4ccccc34)CC2=O)N1.N.O=C1CC(=O)CC(c2c[nH]c3ccccc23)C1.O=C1CC(=O)CC(c2c[nH]c3ccccc23)C1.O=Cc1c[nH]c2ccccc12.O=Cc1cccc(O)c1. The molecular weight excluding hydrogens is 1870 g/mol. The molecule has 15 aromatic rings. The summed E-state index contributed by atoms with van der Waals surface area (Å²) in [5.41, 5.74) is 14.4. The number of allylic oxidation sites excluding steroid dienone is 4. The van der Waals surface area contributed by atoms with Crippen molar-refractivity contribution < 1.29 is 87.1 Å². The molecule has 147 heavy (non-hydrogen) atoms. The smallest absolute Gasteiger partial charge is 0.337 e. The zero-order chi connectivity index (χ0) is 103. The molecule has 26 heteroatoms. The number of dihydropyridines is 1. The van der Waals surface area contributed by atoms with Crippen molar-refractivity contribution in [3.05, 3.63) is 359 Å². The number of carbonyl (C=O) groups excluding carboxylic acids is 12. The van der Waals surface area contributed by atoms with Gasteiger partial charge in [-0.2, -0.15) is 0 Å². The number of nitrogens with one attached hydrogen (secondary N) is 6. The number of rotatable bonds is 19. The maximum atomic E-state index is 13.9. The molecular formula is C121H128N7O18P. The molecule has 760 valence electrons. The molecule has 1 aliphatic heterocycles. The maximum absolute atomic E-state index is 13.9. The Labute approximate surface area is 855 Å². The third kappa shape index (κ3) is 30.1. The second kappa shape index (κ2) is 54.5. The van der Waals surface area contributed by atoms with Crippen LogP contribution in [0.15, 0.2) is 320 Å². The highest BCUT2D eigenvalue weighted by atomic mass is 31.2. The predicted octanol–water partition coefficient (Wildman–Crippen LogP) is 23.3. The second-order valence-electron chi connectivity index (χ2n) is 36.5. The number of fused-ring (bicyclic) bond motifs is 5. The molecule has 0 saturated heterocycles. The summed E-state index contributed by atoms with van der Waals surface area (Å²) in [5.74, 6) is 0.634. The number of carbonyl (C=O) groups is 13. The van der Waals surface area contributed by atoms with E-state index in [2.05, 4.69) is 72.7 Å². The van der Waals surface area contributed by atoms with Crippen LogP contribution in [-0.4, -0.2) is 135 Å². The molecule has 6 heterocycles. The number of esters is 2. The van der Waals surface area contributed by atoms with Gasteiger partial charge in [-0.15, -0.1) is 0 Å². The van der Waals surface area contributed by atoms with Crippen molar-refractivity contribution in [2.75, 3.05) is 0 Å². The van der Waals surface area contributed by atoms with Crippen LogP contribution >= 0.6 is 6.89 Å². The van der Waals surface area contributed by atoms with E-state index < -0.39 is 18.8 Å². The standard InChI is InChI=1S/C31H32N2O4.C21H19OP.2C14H13NO2.C12H11NO.C10H16O3.C9H7NO.C7H6O2.C2H4O2.CH4.H3N/c1-2-24-30(31(36)37-21-10-3-4-11-21)28(18-8-7-9-20(34)14-18)29-26(33-24)15-19(16-27(29)35)23-17-32-25-13-6-5-12-22(23)25;1-18(22)17-23(19-11-5-2-6-12-19,20-13-7-3-8-14-20)21-15-9-4-10-16-21;2*16-10-5-9(6-11(17)7-10)13-8-15-14-4-2-1-3-12(13)14;1-9(14)6-7-10-8-13-12-5-3-2-4-11(10)12;1-2-8(11)7-10(12)13-9-5-3-4-6-9;11-6-7-5-10-9-4-2-1-3-8(7)9;8-5-6-2-1-3-7(9)4-6;1-2(3)4;;/h5-9,12-14,17,19,21,28,32-34H,2-4,10-11,15-16H2,1H3;2-17H,1H3;2*1-4,8-9,15H,5-7H2;2-8,13H,1H3;9H,2-7H2,1H3;1-6,10H;1-5,9H;1H3,(H,3,4);1H4;1H3. The molecule has 12 N–H and O–H groups in total. The summed E-state index contributed by atoms with van der Waals surface area (Å²) < 4.78 is 11.1. The Bertz CT molecular complexity index is 7060. The number of ketones is 8. The van der Waals surface area contributed by atoms with Crippen molar-refractivity contribution in [2.45, 2.75) is 200 Å². The molecule has 0 amide bonds. The first-order valence-corrected chi connectivity index (χ1v) is 50.9. The summed E-state index contributed by atoms with van der Waals surface area (Å²) in [7, 11) is 0. The van der Waals surface area contributed by atoms with Gasteiger partial charge in [-0.25, -0.2) is 4.79 Å². The molecule has 0 spiro atoms. The molecule has 21 rings (SSSR count). The third-order valence-electron chi connectivity index (χ3n) is 26.0. The fourth-order valence-electron chi connectivity index (χ4n) is 19.3. The number of Topliss-reactive ketones (excluding diaryl/α,β-unsaturated/α-hetero) is 7. The number of aromatic hydroxyl groups is 2. The fraction of sp³-hybridized carbons (Fsp3) is 0.256. The van der Waals surface area contributed by atoms with Crippen LogP contribution in [0.2, 0.25) is 0 Å². The average Bonchev–Trinajstić information content (AvgIpc) is 1.59. The van der Waals surface area contributed by atoms with Gasteiger partial charge in [0.2, 0.25) is 0 Å². The monoisotopic (exact) mass is 2000 g/mol. The molecule has 25 nitrogen and oxygen atoms in total. The topological polar surface area (TPSA) is 427 Å². The molecule has 10 aromatic carbocycles. The highest BCUT2D eigenvalue weighted by Crippen LogP contribution is 2.49. The maximum Gasteiger partial charge on any atom is 0.337 e. The lowest BCUT2D eigenvalue weighted by Gasteiger charge is -2.37. The van der Waals surface area contributed by atoms with E-state index in [1.807, 2.05) is 220 Å². The van der Waals surface area contributed by atoms with Crippen LogP contribution in [0.3, 0.4) is 0 Å². The summed E-state index contributed by atoms with van der Waals surface area (Å²) in [6, 6.07) is 84.1. The number of hydrogen-bond donors (Lipinski definition) is 10. The van der Waals surface area contributed by atoms with E-state index in [0.717, 1.165) is 164 Å². The van der Waals surface area contributed by atoms with Crippen LogP contribution in [0, 0.1) is 0 Å². The minimum absolute atomic E-state index is 0. The summed E-state index contributed by atoms with van der Waals surface area (Å²) in [5, 5.41) is 39.1. The van der Waals surface area contributed by atoms with Gasteiger partial charge < -0.3 is 61.2 Å². The van der Waals surface area contributed by atoms with Crippen molar-refractivity contribution in [3.63, 3.8) is 0 Å². The van der Waals surface area contributed by atoms with Gasteiger partial charge in [-0.05, 0) is 219 Å². The first kappa shape index (κ1) is 111. The Kier molecular flexibility index (Phi) is 41.3. The molecule has 5 aromatic heterocycles. The lowest BCUT2D eigenvalue weighted by atomic mass is 9.71. The predicted molar refractivity (Wildman–Crippen MR) is 582 cm³/mol. The first-order valence-electron chi connectivity index (χ1n) is 49.0. The van der Waals surface area contributed by atoms with Crippen molar-refractivity contribution in [2.24, 2.45) is 0 Å². The van der Waals surface area contributed by atoms with Crippen molar-refractivity contribution in [1.82, 2.24) is 36.4 Å². The van der Waals surface area contributed by atoms with Gasteiger partial charge in [-0.3, -0.25) is 57.5 Å². The lowest BCUT2D eigenvalue weighted by molar-refractivity contribution is -0.151. The Balaban J connectivity index is 0.000000165. The molecule has 6 aliphatic rings. The number of hydrogen-bond acceptors (Lipinski definition) is 19. The molecule has 0 radical (unpaired) electrons. The van der Waals surface area contributed by atoms with Gasteiger partial charge in [0.15, 0.2) is 23.6 Å². The van der Waals surface area contributed by atoms with Crippen LogP contribution in [0.5, 0.6) is 11.5 Å². The Hall–Kier alpha value is -16.1. The van der Waals surface area contributed by atoms with Crippen LogP contribution in [0.4, 0.5) is 0 Å². The second-order valence-corrected chi connectivity index (χ2v) is 39.8. The molecule has 0 bridgehead atoms. The summed E-state index contributed by atoms with van der Waals surface area (Å²) in [6.07, 6.45) is 26.8. The highest BCUT2D eigenvalue weighted by molar-refractivity contribution is 7.95. The van der Waals surface area contributed by atoms with Gasteiger partial charge in [-0.1, -0.05) is 228 Å². The molecule has 2 unspecified atom stereocenters. The molecule has 5 aliphatic carbocycles. The largest absolute Gasteiger partial charge is 0.508 e. The van der Waals surface area contributed by atoms with Gasteiger partial charge in [0.1, 0.15) is 65.3 Å². The Morgan fingerprint density at radius 2 is 0.810 bits per heavy atom. The fourth-order valence-corrected chi connectivity index (χ4v) is 23.2. The Morgan fingerprint density at radius 3 is 1.20 bits per heavy atom. The number of carboxylic acid groups (broad SMARTS) is 1. The van der Waals surface area contributed by atoms with E-state index in [9.17, 15) is 62.6 Å². The number of para-hydroxylation sites is 5. The lowest BCUT2D eigenvalue weighted by Crippen LogP contribution is -2.37. The minimum atomic E-state index is -2.08. The quantitative estimate of drug-likeness (QED) is 0.0118. The van der Waals surface area contributed by atoms with Crippen LogP contribution in [0.25, 0.3) is 60.6 Å². The van der Waals surface area contributed by atoms with Crippen LogP contribution < -0.4 is 27.4 Å². The number of carboxylic acids is 1. The van der Waals surface area contributed by atoms with E-state index in [1.165, 1.54) is 28.0 Å². The normalized spacial score (nSPS) is 15.6. The third-order valence-corrected chi connectivity index (χ3v) is 30.1. The number of ether oxygens (including phenoxy) is 2. The summed E-state index contributed by atoms with van der Waals surface area (Å²) in [6.45, 7) is 5.96. The number of aliphatic carboxylic acids is 1. The number of aromatic nitrogens is 5. The van der Waals surface area contributed by atoms with Crippen molar-refractivity contribution in [3.8, 4) is 11.5 Å². The van der Waals surface area contributed by atoms with E-state index in [0.29, 0.717) is 74.4 Å². The number of phenols is 2. The van der Waals surface area contributed by atoms with E-state index >= 15 is 0 Å². The summed E-state index contributed by atoms with van der Waals surface area (Å²) >= 11 is 0. The molecule has 4 fully saturated rings. The van der Waals surface area contributed by atoms with Gasteiger partial charge in [0.05, 0.1) is 18.4 Å². The number of aromatic amines is 5. The highest BCUT2D eigenvalue weighted by Gasteiger charge is 2.44. The number of phenolic OH excluding ortho intramolecular Hbond substituents is 2. The van der Waals surface area contributed by atoms with Crippen molar-refractivity contribution in [1.29, 1.82) is 0 Å². The van der Waals surface area contributed by atoms with Gasteiger partial charge in [0.25, 0.3) is 5.97 Å². The van der Waals surface area contributed by atoms with Crippen LogP contribution in [0.1, 0.15) is 236 Å². The number of benzene rings is 10. The Morgan fingerprint density at radius 1 is 0.429 bits per heavy atom. The average molecular weight is 2000 g/mol. The van der Waals surface area contributed by atoms with Gasteiger partial charge >= 0.3 is 11.9 Å². The zero-order valence-electron chi connectivity index (χ0n) is 82.6. The minimum Gasteiger partial charge on any atom is -0.508 e.